The second-order valence-corrected chi connectivity index (χ2v) is 8.06. The highest BCUT2D eigenvalue weighted by molar-refractivity contribution is 7.09. The van der Waals surface area contributed by atoms with Crippen molar-refractivity contribution in [3.05, 3.63) is 23.9 Å². The largest absolute Gasteiger partial charge is 0.377 e. The predicted octanol–water partition coefficient (Wildman–Crippen LogP) is 1.92. The van der Waals surface area contributed by atoms with Gasteiger partial charge in [-0.2, -0.15) is 4.37 Å². The van der Waals surface area contributed by atoms with Crippen LogP contribution in [0.4, 0.5) is 10.9 Å². The second-order valence-electron chi connectivity index (χ2n) is 7.33. The first kappa shape index (κ1) is 15.5. The summed E-state index contributed by atoms with van der Waals surface area (Å²) in [6.07, 6.45) is 4.30. The fraction of sp³-hybridized carbons (Fsp3) is 0.647. The molecular weight excluding hydrogens is 336 g/mol. The zero-order valence-corrected chi connectivity index (χ0v) is 15.2. The highest BCUT2D eigenvalue weighted by atomic mass is 32.1. The molecule has 3 fully saturated rings. The lowest BCUT2D eigenvalue weighted by Gasteiger charge is -2.22. The van der Waals surface area contributed by atoms with Crippen LogP contribution in [0.2, 0.25) is 0 Å². The first-order valence-corrected chi connectivity index (χ1v) is 9.71. The minimum Gasteiger partial charge on any atom is -0.377 e. The summed E-state index contributed by atoms with van der Waals surface area (Å²) >= 11 is 1.49. The van der Waals surface area contributed by atoms with Gasteiger partial charge in [0.15, 0.2) is 5.82 Å². The molecule has 25 heavy (non-hydrogen) atoms. The molecule has 7 nitrogen and oxygen atoms in total. The topological polar surface area (TPSA) is 67.3 Å². The Bertz CT molecular complexity index is 749. The first-order valence-electron chi connectivity index (χ1n) is 8.93. The van der Waals surface area contributed by atoms with Crippen LogP contribution >= 0.6 is 11.5 Å². The van der Waals surface area contributed by atoms with Crippen LogP contribution in [0, 0.1) is 11.8 Å². The molecule has 0 bridgehead atoms. The van der Waals surface area contributed by atoms with Gasteiger partial charge in [0.2, 0.25) is 5.13 Å². The van der Waals surface area contributed by atoms with Crippen molar-refractivity contribution in [2.45, 2.75) is 25.4 Å². The van der Waals surface area contributed by atoms with E-state index >= 15 is 0 Å². The third-order valence-electron chi connectivity index (χ3n) is 5.48. The van der Waals surface area contributed by atoms with Crippen molar-refractivity contribution in [1.82, 2.24) is 19.3 Å². The summed E-state index contributed by atoms with van der Waals surface area (Å²) in [6, 6.07) is 2.21. The molecule has 2 aliphatic heterocycles. The zero-order valence-electron chi connectivity index (χ0n) is 14.3. The minimum atomic E-state index is 0.488. The number of nitrogens with zero attached hydrogens (tertiary/aromatic N) is 6. The number of rotatable bonds is 5. The number of aromatic nitrogens is 4. The van der Waals surface area contributed by atoms with E-state index in [9.17, 15) is 0 Å². The Labute approximate surface area is 151 Å². The molecule has 3 aliphatic rings. The Kier molecular flexibility index (Phi) is 3.82. The van der Waals surface area contributed by atoms with Crippen LogP contribution in [0.15, 0.2) is 12.4 Å². The van der Waals surface area contributed by atoms with Crippen LogP contribution in [-0.2, 0) is 11.3 Å². The Hall–Kier alpha value is -1.80. The number of ether oxygens (including phenoxy) is 1. The fourth-order valence-corrected chi connectivity index (χ4v) is 4.73. The summed E-state index contributed by atoms with van der Waals surface area (Å²) in [4.78, 5) is 18.4. The van der Waals surface area contributed by atoms with Gasteiger partial charge in [-0.15, -0.1) is 0 Å². The maximum Gasteiger partial charge on any atom is 0.205 e. The van der Waals surface area contributed by atoms with Crippen LogP contribution in [0.3, 0.4) is 0 Å². The monoisotopic (exact) mass is 358 g/mol. The number of anilines is 2. The number of hydrogen-bond donors (Lipinski definition) is 0. The highest BCUT2D eigenvalue weighted by Gasteiger charge is 2.41. The third-order valence-corrected chi connectivity index (χ3v) is 6.30. The zero-order chi connectivity index (χ0) is 16.8. The molecule has 2 aromatic heterocycles. The maximum atomic E-state index is 5.12. The smallest absolute Gasteiger partial charge is 0.205 e. The van der Waals surface area contributed by atoms with E-state index in [-0.39, 0.29) is 0 Å². The van der Waals surface area contributed by atoms with Crippen molar-refractivity contribution < 1.29 is 4.74 Å². The van der Waals surface area contributed by atoms with Crippen LogP contribution in [0.25, 0.3) is 0 Å². The van der Waals surface area contributed by atoms with Gasteiger partial charge in [0.05, 0.1) is 0 Å². The standard InChI is InChI=1S/C17H22N6OS/c1-24-9-15-20-17(25-21-15)23-7-12-5-22(6-13(12)8-23)16-4-14(11-2-3-11)18-10-19-16/h4,10-13H,2-3,5-9H2,1H3. The molecule has 1 saturated carbocycles. The van der Waals surface area contributed by atoms with Crippen molar-refractivity contribution >= 4 is 22.5 Å². The summed E-state index contributed by atoms with van der Waals surface area (Å²) in [5, 5.41) is 1.03. The van der Waals surface area contributed by atoms with Crippen LogP contribution in [-0.4, -0.2) is 52.6 Å². The quantitative estimate of drug-likeness (QED) is 0.809. The van der Waals surface area contributed by atoms with Gasteiger partial charge in [-0.3, -0.25) is 0 Å². The van der Waals surface area contributed by atoms with E-state index in [1.165, 1.54) is 30.1 Å². The molecule has 2 saturated heterocycles. The van der Waals surface area contributed by atoms with E-state index in [0.717, 1.165) is 43.0 Å². The van der Waals surface area contributed by atoms with Gasteiger partial charge in [0.25, 0.3) is 0 Å². The van der Waals surface area contributed by atoms with Gasteiger partial charge in [0, 0.05) is 74.3 Å². The Morgan fingerprint density at radius 3 is 2.60 bits per heavy atom. The second kappa shape index (κ2) is 6.17. The lowest BCUT2D eigenvalue weighted by Crippen LogP contribution is -2.29. The molecule has 2 aromatic rings. The molecule has 0 aromatic carbocycles. The van der Waals surface area contributed by atoms with Crippen LogP contribution in [0.1, 0.15) is 30.3 Å². The summed E-state index contributed by atoms with van der Waals surface area (Å²) in [6.45, 7) is 4.76. The third kappa shape index (κ3) is 2.97. The Balaban J connectivity index is 1.25. The van der Waals surface area contributed by atoms with Gasteiger partial charge < -0.3 is 14.5 Å². The molecule has 8 heteroatoms. The average Bonchev–Trinajstić information content (AvgIpc) is 3.05. The van der Waals surface area contributed by atoms with E-state index in [0.29, 0.717) is 24.4 Å². The number of methoxy groups -OCH3 is 1. The SMILES string of the molecule is COCc1nsc(N2CC3CN(c4cc(C5CC5)ncn4)CC3C2)n1. The minimum absolute atomic E-state index is 0.488. The number of hydrogen-bond acceptors (Lipinski definition) is 8. The molecule has 2 unspecified atom stereocenters. The number of fused-ring (bicyclic) bond motifs is 1. The van der Waals surface area contributed by atoms with E-state index in [1.807, 2.05) is 0 Å². The Morgan fingerprint density at radius 1 is 1.12 bits per heavy atom. The molecule has 0 amide bonds. The summed E-state index contributed by atoms with van der Waals surface area (Å²) < 4.78 is 9.49. The first-order chi connectivity index (χ1) is 12.3. The van der Waals surface area contributed by atoms with Crippen LogP contribution in [0.5, 0.6) is 0 Å². The van der Waals surface area contributed by atoms with Crippen molar-refractivity contribution in [3.63, 3.8) is 0 Å². The lowest BCUT2D eigenvalue weighted by molar-refractivity contribution is 0.179. The van der Waals surface area contributed by atoms with Gasteiger partial charge in [0.1, 0.15) is 18.8 Å². The molecule has 5 rings (SSSR count). The molecule has 0 radical (unpaired) electrons. The summed E-state index contributed by atoms with van der Waals surface area (Å²) in [7, 11) is 1.68. The van der Waals surface area contributed by atoms with E-state index < -0.39 is 0 Å². The average molecular weight is 358 g/mol. The predicted molar refractivity (Wildman–Crippen MR) is 96.0 cm³/mol. The fourth-order valence-electron chi connectivity index (χ4n) is 4.03. The van der Waals surface area contributed by atoms with Crippen molar-refractivity contribution in [2.75, 3.05) is 43.1 Å². The Morgan fingerprint density at radius 2 is 1.88 bits per heavy atom. The van der Waals surface area contributed by atoms with Crippen molar-refractivity contribution in [2.24, 2.45) is 11.8 Å². The van der Waals surface area contributed by atoms with E-state index in [1.54, 1.807) is 13.4 Å². The molecule has 4 heterocycles. The van der Waals surface area contributed by atoms with Gasteiger partial charge in [-0.05, 0) is 12.8 Å². The van der Waals surface area contributed by atoms with Gasteiger partial charge >= 0.3 is 0 Å². The van der Waals surface area contributed by atoms with Gasteiger partial charge in [-0.1, -0.05) is 0 Å². The van der Waals surface area contributed by atoms with Crippen molar-refractivity contribution in [1.29, 1.82) is 0 Å². The molecular formula is C17H22N6OS. The van der Waals surface area contributed by atoms with Crippen LogP contribution < -0.4 is 9.80 Å². The summed E-state index contributed by atoms with van der Waals surface area (Å²) in [5.41, 5.74) is 1.23. The highest BCUT2D eigenvalue weighted by Crippen LogP contribution is 2.40. The van der Waals surface area contributed by atoms with E-state index in [4.69, 9.17) is 4.74 Å². The summed E-state index contributed by atoms with van der Waals surface area (Å²) in [5.74, 6) is 3.92. The van der Waals surface area contributed by atoms with Gasteiger partial charge in [-0.25, -0.2) is 15.0 Å². The molecule has 1 aliphatic carbocycles. The molecule has 0 N–H and O–H groups in total. The van der Waals surface area contributed by atoms with E-state index in [2.05, 4.69) is 35.2 Å². The molecule has 132 valence electrons. The maximum absolute atomic E-state index is 5.12. The normalized spacial score (nSPS) is 25.6. The molecule has 2 atom stereocenters. The van der Waals surface area contributed by atoms with Crippen molar-refractivity contribution in [3.8, 4) is 0 Å². The molecule has 0 spiro atoms. The lowest BCUT2D eigenvalue weighted by atomic mass is 10.0.